The Kier molecular flexibility index (Phi) is 3.65. The number of hydrogen-bond donors (Lipinski definition) is 1. The van der Waals surface area contributed by atoms with E-state index in [1.807, 2.05) is 6.92 Å². The summed E-state index contributed by atoms with van der Waals surface area (Å²) in [6.07, 6.45) is 0. The molecular formula is C12H13N3O4. The molecule has 0 saturated heterocycles. The van der Waals surface area contributed by atoms with Crippen LogP contribution in [0.1, 0.15) is 12.6 Å². The van der Waals surface area contributed by atoms with Crippen molar-refractivity contribution in [1.82, 2.24) is 10.2 Å². The number of nitro groups is 1. The second kappa shape index (κ2) is 5.38. The average molecular weight is 263 g/mol. The predicted molar refractivity (Wildman–Crippen MR) is 67.7 cm³/mol. The second-order valence-corrected chi connectivity index (χ2v) is 3.81. The molecular weight excluding hydrogens is 250 g/mol. The first-order chi connectivity index (χ1) is 9.10. The molecule has 0 aliphatic rings. The Morgan fingerprint density at radius 3 is 2.79 bits per heavy atom. The Bertz CT molecular complexity index is 594. The standard InChI is InChI=1S/C12H13N3O4/c1-3-18-11-7-9(4-5-10(11)15(16)17)19-12-6-8(2)13-14-12/h4-7H,3H2,1-2H3,(H,13,14). The van der Waals surface area contributed by atoms with Crippen molar-refractivity contribution in [3.05, 3.63) is 40.1 Å². The van der Waals surface area contributed by atoms with Gasteiger partial charge in [-0.2, -0.15) is 0 Å². The molecule has 0 bridgehead atoms. The third-order valence-corrected chi connectivity index (χ3v) is 2.33. The highest BCUT2D eigenvalue weighted by atomic mass is 16.6. The van der Waals surface area contributed by atoms with Crippen molar-refractivity contribution < 1.29 is 14.4 Å². The maximum absolute atomic E-state index is 10.8. The summed E-state index contributed by atoms with van der Waals surface area (Å²) in [6, 6.07) is 6.05. The number of H-pyrrole nitrogens is 1. The summed E-state index contributed by atoms with van der Waals surface area (Å²) in [4.78, 5) is 10.3. The molecule has 0 unspecified atom stereocenters. The first kappa shape index (κ1) is 12.9. The molecule has 1 heterocycles. The minimum Gasteiger partial charge on any atom is -0.487 e. The summed E-state index contributed by atoms with van der Waals surface area (Å²) in [5, 5.41) is 17.5. The zero-order valence-corrected chi connectivity index (χ0v) is 10.5. The van der Waals surface area contributed by atoms with Crippen LogP contribution in [0, 0.1) is 17.0 Å². The fraction of sp³-hybridized carbons (Fsp3) is 0.250. The first-order valence-electron chi connectivity index (χ1n) is 5.71. The highest BCUT2D eigenvalue weighted by molar-refractivity contribution is 5.51. The van der Waals surface area contributed by atoms with Crippen LogP contribution in [0.15, 0.2) is 24.3 Å². The Hall–Kier alpha value is -2.57. The third-order valence-electron chi connectivity index (χ3n) is 2.33. The molecule has 7 nitrogen and oxygen atoms in total. The molecule has 100 valence electrons. The monoisotopic (exact) mass is 263 g/mol. The average Bonchev–Trinajstić information content (AvgIpc) is 2.75. The minimum atomic E-state index is -0.493. The number of nitrogens with one attached hydrogen (secondary N) is 1. The zero-order valence-electron chi connectivity index (χ0n) is 10.5. The van der Waals surface area contributed by atoms with Crippen LogP contribution in [0.3, 0.4) is 0 Å². The van der Waals surface area contributed by atoms with Gasteiger partial charge < -0.3 is 9.47 Å². The van der Waals surface area contributed by atoms with Gasteiger partial charge in [0.1, 0.15) is 5.75 Å². The van der Waals surface area contributed by atoms with Gasteiger partial charge in [0.15, 0.2) is 0 Å². The quantitative estimate of drug-likeness (QED) is 0.661. The van der Waals surface area contributed by atoms with Gasteiger partial charge in [-0.15, -0.1) is 5.10 Å². The number of rotatable bonds is 5. The normalized spacial score (nSPS) is 10.2. The van der Waals surface area contributed by atoms with Crippen LogP contribution in [0.5, 0.6) is 17.4 Å². The van der Waals surface area contributed by atoms with Gasteiger partial charge in [-0.05, 0) is 19.9 Å². The molecule has 7 heteroatoms. The molecule has 0 fully saturated rings. The number of nitrogens with zero attached hydrogens (tertiary/aromatic N) is 2. The van der Waals surface area contributed by atoms with Gasteiger partial charge >= 0.3 is 5.69 Å². The van der Waals surface area contributed by atoms with Crippen molar-refractivity contribution in [3.8, 4) is 17.4 Å². The van der Waals surface area contributed by atoms with E-state index >= 15 is 0 Å². The summed E-state index contributed by atoms with van der Waals surface area (Å²) >= 11 is 0. The van der Waals surface area contributed by atoms with Crippen molar-refractivity contribution >= 4 is 5.69 Å². The molecule has 2 aromatic rings. The highest BCUT2D eigenvalue weighted by Crippen LogP contribution is 2.32. The second-order valence-electron chi connectivity index (χ2n) is 3.81. The zero-order chi connectivity index (χ0) is 13.8. The lowest BCUT2D eigenvalue weighted by Gasteiger charge is -2.06. The van der Waals surface area contributed by atoms with Crippen molar-refractivity contribution in [3.63, 3.8) is 0 Å². The molecule has 0 spiro atoms. The Labute approximate surface area is 109 Å². The molecule has 0 atom stereocenters. The summed E-state index contributed by atoms with van der Waals surface area (Å²) < 4.78 is 10.7. The van der Waals surface area contributed by atoms with Gasteiger partial charge in [-0.3, -0.25) is 15.2 Å². The van der Waals surface area contributed by atoms with E-state index in [4.69, 9.17) is 9.47 Å². The Balaban J connectivity index is 2.27. The van der Waals surface area contributed by atoms with Crippen molar-refractivity contribution in [2.75, 3.05) is 6.61 Å². The predicted octanol–water partition coefficient (Wildman–Crippen LogP) is 2.82. The van der Waals surface area contributed by atoms with Crippen LogP contribution >= 0.6 is 0 Å². The van der Waals surface area contributed by atoms with Crippen LogP contribution in [0.4, 0.5) is 5.69 Å². The van der Waals surface area contributed by atoms with Crippen LogP contribution in [-0.2, 0) is 0 Å². The van der Waals surface area contributed by atoms with Crippen LogP contribution in [0.2, 0.25) is 0 Å². The molecule has 2 rings (SSSR count). The fourth-order valence-electron chi connectivity index (χ4n) is 1.55. The number of nitro benzene ring substituents is 1. The van der Waals surface area contributed by atoms with Crippen LogP contribution in [-0.4, -0.2) is 21.7 Å². The molecule has 19 heavy (non-hydrogen) atoms. The van der Waals surface area contributed by atoms with E-state index in [9.17, 15) is 10.1 Å². The van der Waals surface area contributed by atoms with Gasteiger partial charge in [0.05, 0.1) is 11.5 Å². The maximum Gasteiger partial charge on any atom is 0.311 e. The Morgan fingerprint density at radius 2 is 2.21 bits per heavy atom. The number of hydrogen-bond acceptors (Lipinski definition) is 5. The fourth-order valence-corrected chi connectivity index (χ4v) is 1.55. The molecule has 1 aromatic carbocycles. The number of aromatic amines is 1. The van der Waals surface area contributed by atoms with Crippen molar-refractivity contribution in [1.29, 1.82) is 0 Å². The van der Waals surface area contributed by atoms with Crippen LogP contribution < -0.4 is 9.47 Å². The first-order valence-corrected chi connectivity index (χ1v) is 5.71. The smallest absolute Gasteiger partial charge is 0.311 e. The van der Waals surface area contributed by atoms with Crippen LogP contribution in [0.25, 0.3) is 0 Å². The van der Waals surface area contributed by atoms with Gasteiger partial charge in [-0.1, -0.05) is 0 Å². The number of ether oxygens (including phenoxy) is 2. The molecule has 1 aromatic heterocycles. The molecule has 0 saturated carbocycles. The summed E-state index contributed by atoms with van der Waals surface area (Å²) in [5.74, 6) is 1.01. The van der Waals surface area contributed by atoms with Gasteiger partial charge in [-0.25, -0.2) is 0 Å². The highest BCUT2D eigenvalue weighted by Gasteiger charge is 2.16. The van der Waals surface area contributed by atoms with Gasteiger partial charge in [0.2, 0.25) is 11.6 Å². The summed E-state index contributed by atoms with van der Waals surface area (Å²) in [5.41, 5.74) is 0.773. The molecule has 0 aliphatic heterocycles. The number of aryl methyl sites for hydroxylation is 1. The summed E-state index contributed by atoms with van der Waals surface area (Å²) in [6.45, 7) is 3.95. The lowest BCUT2D eigenvalue weighted by Crippen LogP contribution is -1.98. The Morgan fingerprint density at radius 1 is 1.42 bits per heavy atom. The summed E-state index contributed by atoms with van der Waals surface area (Å²) in [7, 11) is 0. The minimum absolute atomic E-state index is 0.0904. The van der Waals surface area contributed by atoms with E-state index in [0.29, 0.717) is 18.2 Å². The molecule has 0 radical (unpaired) electrons. The van der Waals surface area contributed by atoms with Gasteiger partial charge in [0.25, 0.3) is 0 Å². The van der Waals surface area contributed by atoms with E-state index in [-0.39, 0.29) is 11.4 Å². The maximum atomic E-state index is 10.8. The van der Waals surface area contributed by atoms with E-state index < -0.39 is 4.92 Å². The largest absolute Gasteiger partial charge is 0.487 e. The number of aromatic nitrogens is 2. The van der Waals surface area contributed by atoms with E-state index in [0.717, 1.165) is 5.69 Å². The molecule has 0 aliphatic carbocycles. The number of benzene rings is 1. The molecule has 0 amide bonds. The molecule has 1 N–H and O–H groups in total. The van der Waals surface area contributed by atoms with Crippen molar-refractivity contribution in [2.45, 2.75) is 13.8 Å². The van der Waals surface area contributed by atoms with Crippen molar-refractivity contribution in [2.24, 2.45) is 0 Å². The lowest BCUT2D eigenvalue weighted by molar-refractivity contribution is -0.385. The van der Waals surface area contributed by atoms with E-state index in [1.54, 1.807) is 13.0 Å². The topological polar surface area (TPSA) is 90.3 Å². The SMILES string of the molecule is CCOc1cc(Oc2cc(C)[nH]n2)ccc1[N+](=O)[O-]. The van der Waals surface area contributed by atoms with E-state index in [1.165, 1.54) is 18.2 Å². The van der Waals surface area contributed by atoms with Gasteiger partial charge in [0, 0.05) is 23.9 Å². The third kappa shape index (κ3) is 3.01. The van der Waals surface area contributed by atoms with E-state index in [2.05, 4.69) is 10.2 Å². The lowest BCUT2D eigenvalue weighted by atomic mass is 10.3.